The lowest BCUT2D eigenvalue weighted by atomic mass is 10.2. The molecule has 1 atom stereocenters. The zero-order chi connectivity index (χ0) is 19.5. The van der Waals surface area contributed by atoms with Crippen molar-refractivity contribution >= 4 is 33.5 Å². The third-order valence-electron chi connectivity index (χ3n) is 4.30. The highest BCUT2D eigenvalue weighted by Gasteiger charge is 2.16. The van der Waals surface area contributed by atoms with Crippen LogP contribution < -0.4 is 16.0 Å². The minimum absolute atomic E-state index is 0.0256. The van der Waals surface area contributed by atoms with Crippen molar-refractivity contribution < 1.29 is 9.53 Å². The van der Waals surface area contributed by atoms with Gasteiger partial charge in [-0.1, -0.05) is 15.9 Å². The first-order valence-electron chi connectivity index (χ1n) is 9.48. The van der Waals surface area contributed by atoms with Gasteiger partial charge < -0.3 is 20.7 Å². The van der Waals surface area contributed by atoms with E-state index in [4.69, 9.17) is 4.74 Å². The second-order valence-corrected chi connectivity index (χ2v) is 7.36. The minimum atomic E-state index is -0.0256. The third-order valence-corrected chi connectivity index (χ3v) is 4.83. The van der Waals surface area contributed by atoms with Crippen molar-refractivity contribution in [3.63, 3.8) is 0 Å². The molecule has 7 nitrogen and oxygen atoms in total. The van der Waals surface area contributed by atoms with Gasteiger partial charge in [0.1, 0.15) is 0 Å². The van der Waals surface area contributed by atoms with E-state index in [1.807, 2.05) is 31.2 Å². The van der Waals surface area contributed by atoms with E-state index >= 15 is 0 Å². The van der Waals surface area contributed by atoms with Gasteiger partial charge >= 0.3 is 0 Å². The normalized spacial score (nSPS) is 16.6. The fourth-order valence-corrected chi connectivity index (χ4v) is 3.01. The van der Waals surface area contributed by atoms with Gasteiger partial charge in [0.25, 0.3) is 0 Å². The summed E-state index contributed by atoms with van der Waals surface area (Å²) in [5.74, 6) is 0.719. The summed E-state index contributed by atoms with van der Waals surface area (Å²) in [5.41, 5.74) is 0.795. The Balaban J connectivity index is 1.74. The van der Waals surface area contributed by atoms with Gasteiger partial charge in [-0.05, 0) is 38.1 Å². The average Bonchev–Trinajstić information content (AvgIpc) is 2.68. The van der Waals surface area contributed by atoms with Crippen LogP contribution in [0.25, 0.3) is 0 Å². The fourth-order valence-electron chi connectivity index (χ4n) is 2.75. The van der Waals surface area contributed by atoms with Gasteiger partial charge in [-0.25, -0.2) is 0 Å². The van der Waals surface area contributed by atoms with E-state index < -0.39 is 0 Å². The molecular formula is C19H30BrN5O2. The van der Waals surface area contributed by atoms with Crippen LogP contribution in [-0.4, -0.2) is 68.7 Å². The van der Waals surface area contributed by atoms with Gasteiger partial charge in [0.2, 0.25) is 5.91 Å². The first-order chi connectivity index (χ1) is 13.1. The molecule has 1 fully saturated rings. The summed E-state index contributed by atoms with van der Waals surface area (Å²) in [6, 6.07) is 7.91. The smallest absolute Gasteiger partial charge is 0.226 e. The number of rotatable bonds is 8. The number of benzene rings is 1. The molecule has 1 aromatic carbocycles. The van der Waals surface area contributed by atoms with Crippen molar-refractivity contribution in [3.8, 4) is 0 Å². The summed E-state index contributed by atoms with van der Waals surface area (Å²) >= 11 is 3.38. The third kappa shape index (κ3) is 8.28. The quantitative estimate of drug-likeness (QED) is 0.426. The van der Waals surface area contributed by atoms with Gasteiger partial charge in [0, 0.05) is 48.8 Å². The number of nitrogens with one attached hydrogen (secondary N) is 3. The summed E-state index contributed by atoms with van der Waals surface area (Å²) in [4.78, 5) is 19.1. The van der Waals surface area contributed by atoms with Gasteiger partial charge in [-0.15, -0.1) is 0 Å². The van der Waals surface area contributed by atoms with Crippen molar-refractivity contribution in [1.29, 1.82) is 0 Å². The van der Waals surface area contributed by atoms with E-state index in [9.17, 15) is 4.79 Å². The summed E-state index contributed by atoms with van der Waals surface area (Å²) < 4.78 is 6.38. The van der Waals surface area contributed by atoms with Gasteiger partial charge in [-0.2, -0.15) is 0 Å². The van der Waals surface area contributed by atoms with Crippen LogP contribution in [0.2, 0.25) is 0 Å². The number of anilines is 1. The monoisotopic (exact) mass is 439 g/mol. The fraction of sp³-hybridized carbons (Fsp3) is 0.579. The van der Waals surface area contributed by atoms with Crippen LogP contribution in [0, 0.1) is 0 Å². The first kappa shape index (κ1) is 21.7. The van der Waals surface area contributed by atoms with E-state index in [2.05, 4.69) is 48.7 Å². The Morgan fingerprint density at radius 2 is 1.96 bits per heavy atom. The van der Waals surface area contributed by atoms with Gasteiger partial charge in [-0.3, -0.25) is 14.7 Å². The number of halogens is 1. The van der Waals surface area contributed by atoms with E-state index in [0.717, 1.165) is 49.0 Å². The van der Waals surface area contributed by atoms with Gasteiger partial charge in [0.05, 0.1) is 19.8 Å². The molecule has 1 unspecified atom stereocenters. The Hall–Kier alpha value is -1.64. The molecule has 0 spiro atoms. The molecule has 0 aliphatic carbocycles. The molecule has 1 saturated heterocycles. The highest BCUT2D eigenvalue weighted by molar-refractivity contribution is 9.10. The van der Waals surface area contributed by atoms with E-state index in [0.29, 0.717) is 25.6 Å². The van der Waals surface area contributed by atoms with Crippen LogP contribution in [0.5, 0.6) is 0 Å². The number of carbonyl (C=O) groups excluding carboxylic acids is 1. The maximum absolute atomic E-state index is 12.1. The summed E-state index contributed by atoms with van der Waals surface area (Å²) in [6.07, 6.45) is 0.374. The summed E-state index contributed by atoms with van der Waals surface area (Å²) in [7, 11) is 0. The first-order valence-corrected chi connectivity index (χ1v) is 10.3. The number of amides is 1. The Labute approximate surface area is 170 Å². The number of morpholine rings is 1. The Morgan fingerprint density at radius 1 is 1.26 bits per heavy atom. The maximum atomic E-state index is 12.1. The molecule has 0 radical (unpaired) electrons. The Kier molecular flexibility index (Phi) is 9.58. The number of aliphatic imine (C=N–C) groups is 1. The highest BCUT2D eigenvalue weighted by Crippen LogP contribution is 2.14. The van der Waals surface area contributed by atoms with E-state index in [1.54, 1.807) is 0 Å². The molecule has 0 aromatic heterocycles. The lowest BCUT2D eigenvalue weighted by Gasteiger charge is -2.31. The molecular weight excluding hydrogens is 410 g/mol. The Morgan fingerprint density at radius 3 is 2.63 bits per heavy atom. The maximum Gasteiger partial charge on any atom is 0.226 e. The molecule has 8 heteroatoms. The molecule has 1 aliphatic rings. The summed E-state index contributed by atoms with van der Waals surface area (Å²) in [6.45, 7) is 9.73. The molecule has 3 N–H and O–H groups in total. The van der Waals surface area contributed by atoms with Crippen molar-refractivity contribution in [2.75, 3.05) is 51.3 Å². The van der Waals surface area contributed by atoms with Crippen LogP contribution >= 0.6 is 15.9 Å². The van der Waals surface area contributed by atoms with Crippen LogP contribution in [0.1, 0.15) is 20.3 Å². The molecule has 1 aliphatic heterocycles. The van der Waals surface area contributed by atoms with E-state index in [-0.39, 0.29) is 5.91 Å². The van der Waals surface area contributed by atoms with Crippen molar-refractivity contribution in [2.24, 2.45) is 4.99 Å². The molecule has 2 rings (SSSR count). The molecule has 1 amide bonds. The number of hydrogen-bond acceptors (Lipinski definition) is 4. The second-order valence-electron chi connectivity index (χ2n) is 6.45. The summed E-state index contributed by atoms with van der Waals surface area (Å²) in [5, 5.41) is 9.35. The molecule has 1 heterocycles. The predicted molar refractivity (Wildman–Crippen MR) is 113 cm³/mol. The van der Waals surface area contributed by atoms with Crippen LogP contribution in [0.15, 0.2) is 33.7 Å². The topological polar surface area (TPSA) is 78.0 Å². The van der Waals surface area contributed by atoms with Gasteiger partial charge in [0.15, 0.2) is 5.96 Å². The molecule has 150 valence electrons. The number of guanidine groups is 1. The average molecular weight is 440 g/mol. The van der Waals surface area contributed by atoms with Crippen molar-refractivity contribution in [3.05, 3.63) is 28.7 Å². The lowest BCUT2D eigenvalue weighted by molar-refractivity contribution is -0.116. The van der Waals surface area contributed by atoms with Crippen molar-refractivity contribution in [2.45, 2.75) is 26.3 Å². The van der Waals surface area contributed by atoms with Crippen LogP contribution in [0.4, 0.5) is 5.69 Å². The molecule has 27 heavy (non-hydrogen) atoms. The number of carbonyl (C=O) groups is 1. The molecule has 1 aromatic rings. The molecule has 0 saturated carbocycles. The largest absolute Gasteiger partial charge is 0.379 e. The van der Waals surface area contributed by atoms with E-state index in [1.165, 1.54) is 0 Å². The SMILES string of the molecule is CCNC(=NCC(C)N1CCOCC1)NCCC(=O)Nc1ccc(Br)cc1. The second kappa shape index (κ2) is 11.9. The zero-order valence-electron chi connectivity index (χ0n) is 16.1. The zero-order valence-corrected chi connectivity index (χ0v) is 17.7. The standard InChI is InChI=1S/C19H30BrN5O2/c1-3-21-19(23-14-15(2)25-10-12-27-13-11-25)22-9-8-18(26)24-17-6-4-16(20)5-7-17/h4-7,15H,3,8-14H2,1-2H3,(H,24,26)(H2,21,22,23). The van der Waals surface area contributed by atoms with Crippen LogP contribution in [-0.2, 0) is 9.53 Å². The lowest BCUT2D eigenvalue weighted by Crippen LogP contribution is -2.44. The number of nitrogens with zero attached hydrogens (tertiary/aromatic N) is 2. The minimum Gasteiger partial charge on any atom is -0.379 e. The molecule has 0 bridgehead atoms. The van der Waals surface area contributed by atoms with Crippen molar-refractivity contribution in [1.82, 2.24) is 15.5 Å². The Bertz CT molecular complexity index is 603. The van der Waals surface area contributed by atoms with Crippen LogP contribution in [0.3, 0.4) is 0 Å². The predicted octanol–water partition coefficient (Wildman–Crippen LogP) is 2.05. The highest BCUT2D eigenvalue weighted by atomic mass is 79.9. The number of ether oxygens (including phenoxy) is 1. The number of hydrogen-bond donors (Lipinski definition) is 3.